The normalized spacial score (nSPS) is 21.2. The molecule has 33 heavy (non-hydrogen) atoms. The van der Waals surface area contributed by atoms with Crippen LogP contribution in [0.3, 0.4) is 0 Å². The van der Waals surface area contributed by atoms with Gasteiger partial charge in [0.1, 0.15) is 5.75 Å². The molecule has 2 aliphatic rings. The highest BCUT2D eigenvalue weighted by Crippen LogP contribution is 2.36. The molecule has 2 aliphatic heterocycles. The molecule has 6 nitrogen and oxygen atoms in total. The van der Waals surface area contributed by atoms with Gasteiger partial charge in [-0.05, 0) is 57.2 Å². The Morgan fingerprint density at radius 1 is 1.12 bits per heavy atom. The molecule has 0 bridgehead atoms. The number of likely N-dealkylation sites (tertiary alicyclic amines) is 2. The van der Waals surface area contributed by atoms with Crippen LogP contribution in [0.4, 0.5) is 0 Å². The molecule has 8 heteroatoms. The Kier molecular flexibility index (Phi) is 7.91. The maximum absolute atomic E-state index is 13.2. The molecule has 2 fully saturated rings. The van der Waals surface area contributed by atoms with Gasteiger partial charge in [0.2, 0.25) is 11.8 Å². The Morgan fingerprint density at radius 3 is 2.64 bits per heavy atom. The number of carbonyl (C=O) groups is 2. The lowest BCUT2D eigenvalue weighted by Gasteiger charge is -2.43. The van der Waals surface area contributed by atoms with Gasteiger partial charge >= 0.3 is 0 Å². The molecule has 1 aromatic carbocycles. The molecule has 2 amide bonds. The molecule has 0 aliphatic carbocycles. The molecule has 1 aromatic heterocycles. The summed E-state index contributed by atoms with van der Waals surface area (Å²) < 4.78 is 6.16. The summed E-state index contributed by atoms with van der Waals surface area (Å²) in [4.78, 5) is 34.7. The minimum atomic E-state index is -0.414. The van der Waals surface area contributed by atoms with Gasteiger partial charge in [-0.25, -0.2) is 4.98 Å². The first-order chi connectivity index (χ1) is 15.9. The first kappa shape index (κ1) is 24.0. The van der Waals surface area contributed by atoms with Crippen molar-refractivity contribution in [1.29, 1.82) is 0 Å². The first-order valence-electron chi connectivity index (χ1n) is 11.8. The van der Waals surface area contributed by atoms with Crippen molar-refractivity contribution in [2.24, 2.45) is 5.41 Å². The predicted octanol–water partition coefficient (Wildman–Crippen LogP) is 4.74. The van der Waals surface area contributed by atoms with Gasteiger partial charge in [-0.2, -0.15) is 0 Å². The fourth-order valence-corrected chi connectivity index (χ4v) is 5.65. The Balaban J connectivity index is 1.48. The SMILES string of the molecule is Cc1nc(CC(=O)N2CCC[C@@](COc3cccc(Cl)c3)(CC(=O)N3CCCCC3)C2)cs1. The molecule has 2 aromatic rings. The van der Waals surface area contributed by atoms with E-state index in [2.05, 4.69) is 4.98 Å². The van der Waals surface area contributed by atoms with Crippen LogP contribution >= 0.6 is 22.9 Å². The Hall–Kier alpha value is -2.12. The summed E-state index contributed by atoms with van der Waals surface area (Å²) in [6.07, 6.45) is 5.72. The van der Waals surface area contributed by atoms with Gasteiger partial charge in [0.05, 0.1) is 23.7 Å². The molecular weight excluding hydrogens is 458 g/mol. The molecule has 178 valence electrons. The van der Waals surface area contributed by atoms with E-state index in [1.54, 1.807) is 17.4 Å². The maximum atomic E-state index is 13.2. The molecule has 4 rings (SSSR count). The van der Waals surface area contributed by atoms with Crippen LogP contribution < -0.4 is 4.74 Å². The zero-order chi connectivity index (χ0) is 23.3. The van der Waals surface area contributed by atoms with Gasteiger partial charge < -0.3 is 14.5 Å². The number of carbonyl (C=O) groups excluding carboxylic acids is 2. The third kappa shape index (κ3) is 6.48. The zero-order valence-corrected chi connectivity index (χ0v) is 20.8. The molecule has 0 radical (unpaired) electrons. The number of piperidine rings is 2. The number of amides is 2. The van der Waals surface area contributed by atoms with Crippen LogP contribution in [0.1, 0.15) is 49.2 Å². The summed E-state index contributed by atoms with van der Waals surface area (Å²) >= 11 is 7.69. The Bertz CT molecular complexity index is 975. The number of rotatable bonds is 7. The second kappa shape index (κ2) is 10.9. The minimum absolute atomic E-state index is 0.0672. The van der Waals surface area contributed by atoms with Gasteiger partial charge in [-0.1, -0.05) is 17.7 Å². The monoisotopic (exact) mass is 489 g/mol. The van der Waals surface area contributed by atoms with E-state index in [0.717, 1.165) is 49.5 Å². The summed E-state index contributed by atoms with van der Waals surface area (Å²) in [7, 11) is 0. The number of benzene rings is 1. The van der Waals surface area contributed by atoms with Crippen LogP contribution in [-0.2, 0) is 16.0 Å². The quantitative estimate of drug-likeness (QED) is 0.563. The van der Waals surface area contributed by atoms with E-state index in [-0.39, 0.29) is 11.8 Å². The molecule has 0 saturated carbocycles. The number of thiazole rings is 1. The van der Waals surface area contributed by atoms with E-state index >= 15 is 0 Å². The van der Waals surface area contributed by atoms with E-state index in [1.807, 2.05) is 40.3 Å². The van der Waals surface area contributed by atoms with Crippen LogP contribution in [0.15, 0.2) is 29.6 Å². The summed E-state index contributed by atoms with van der Waals surface area (Å²) in [5.74, 6) is 0.931. The lowest BCUT2D eigenvalue weighted by Crippen LogP contribution is -2.51. The van der Waals surface area contributed by atoms with E-state index in [9.17, 15) is 9.59 Å². The fourth-order valence-electron chi connectivity index (χ4n) is 4.86. The van der Waals surface area contributed by atoms with Gasteiger partial charge in [0.25, 0.3) is 0 Å². The van der Waals surface area contributed by atoms with Crippen LogP contribution in [0.25, 0.3) is 0 Å². The summed E-state index contributed by atoms with van der Waals surface area (Å²) in [5.41, 5.74) is 0.404. The second-order valence-electron chi connectivity index (χ2n) is 9.32. The van der Waals surface area contributed by atoms with E-state index in [1.165, 1.54) is 6.42 Å². The standard InChI is InChI=1S/C25H32ClN3O3S/c1-19-27-21(16-33-19)14-23(30)29-12-6-9-25(17-29,15-24(31)28-10-3-2-4-11-28)18-32-22-8-5-7-20(26)13-22/h5,7-8,13,16H,2-4,6,9-12,14-15,17-18H2,1H3/t25-/m1/s1. The smallest absolute Gasteiger partial charge is 0.228 e. The van der Waals surface area contributed by atoms with E-state index < -0.39 is 5.41 Å². The van der Waals surface area contributed by atoms with Crippen molar-refractivity contribution in [3.8, 4) is 5.75 Å². The van der Waals surface area contributed by atoms with Crippen molar-refractivity contribution in [2.75, 3.05) is 32.8 Å². The second-order valence-corrected chi connectivity index (χ2v) is 10.8. The number of hydrogen-bond acceptors (Lipinski definition) is 5. The van der Waals surface area contributed by atoms with Crippen LogP contribution in [0.2, 0.25) is 5.02 Å². The average Bonchev–Trinajstić information content (AvgIpc) is 3.23. The molecule has 2 saturated heterocycles. The average molecular weight is 490 g/mol. The summed E-state index contributed by atoms with van der Waals surface area (Å²) in [5, 5.41) is 3.53. The van der Waals surface area contributed by atoms with Gasteiger partial charge in [-0.15, -0.1) is 11.3 Å². The zero-order valence-electron chi connectivity index (χ0n) is 19.2. The molecule has 3 heterocycles. The number of aryl methyl sites for hydroxylation is 1. The molecule has 0 spiro atoms. The third-order valence-corrected chi connectivity index (χ3v) is 7.65. The van der Waals surface area contributed by atoms with Crippen LogP contribution in [-0.4, -0.2) is 59.4 Å². The van der Waals surface area contributed by atoms with Crippen molar-refractivity contribution in [3.63, 3.8) is 0 Å². The van der Waals surface area contributed by atoms with E-state index in [0.29, 0.717) is 43.3 Å². The lowest BCUT2D eigenvalue weighted by atomic mass is 9.77. The van der Waals surface area contributed by atoms with E-state index in [4.69, 9.17) is 16.3 Å². The third-order valence-electron chi connectivity index (χ3n) is 6.59. The fraction of sp³-hybridized carbons (Fsp3) is 0.560. The number of aromatic nitrogens is 1. The largest absolute Gasteiger partial charge is 0.493 e. The van der Waals surface area contributed by atoms with Crippen molar-refractivity contribution in [2.45, 2.75) is 51.9 Å². The number of nitrogens with zero attached hydrogens (tertiary/aromatic N) is 3. The Labute approximate surface area is 204 Å². The highest BCUT2D eigenvalue weighted by molar-refractivity contribution is 7.09. The van der Waals surface area contributed by atoms with Gasteiger partial charge in [0.15, 0.2) is 0 Å². The highest BCUT2D eigenvalue weighted by atomic mass is 35.5. The van der Waals surface area contributed by atoms with Crippen LogP contribution in [0, 0.1) is 12.3 Å². The molecule has 0 unspecified atom stereocenters. The predicted molar refractivity (Wildman–Crippen MR) is 131 cm³/mol. The van der Waals surface area contributed by atoms with Crippen molar-refractivity contribution >= 4 is 34.8 Å². The lowest BCUT2D eigenvalue weighted by molar-refractivity contribution is -0.141. The Morgan fingerprint density at radius 2 is 1.91 bits per heavy atom. The number of halogens is 1. The molecule has 0 N–H and O–H groups in total. The van der Waals surface area contributed by atoms with Crippen molar-refractivity contribution in [1.82, 2.24) is 14.8 Å². The number of ether oxygens (including phenoxy) is 1. The minimum Gasteiger partial charge on any atom is -0.493 e. The van der Waals surface area contributed by atoms with Gasteiger partial charge in [-0.3, -0.25) is 9.59 Å². The van der Waals surface area contributed by atoms with Gasteiger partial charge in [0, 0.05) is 48.4 Å². The van der Waals surface area contributed by atoms with Crippen molar-refractivity contribution in [3.05, 3.63) is 45.4 Å². The summed E-state index contributed by atoms with van der Waals surface area (Å²) in [6, 6.07) is 7.33. The van der Waals surface area contributed by atoms with Crippen molar-refractivity contribution < 1.29 is 14.3 Å². The number of hydrogen-bond donors (Lipinski definition) is 0. The van der Waals surface area contributed by atoms with Crippen LogP contribution in [0.5, 0.6) is 5.75 Å². The maximum Gasteiger partial charge on any atom is 0.228 e. The molecule has 1 atom stereocenters. The molecular formula is C25H32ClN3O3S. The summed E-state index contributed by atoms with van der Waals surface area (Å²) in [6.45, 7) is 5.22. The first-order valence-corrected chi connectivity index (χ1v) is 13.0. The topological polar surface area (TPSA) is 62.7 Å². The highest BCUT2D eigenvalue weighted by Gasteiger charge is 2.41.